The predicted molar refractivity (Wildman–Crippen MR) is 99.4 cm³/mol. The van der Waals surface area contributed by atoms with E-state index in [9.17, 15) is 18.0 Å². The number of nitrogens with two attached hydrogens (primary N) is 1. The molecule has 0 aliphatic heterocycles. The number of nitrogens with zero attached hydrogens (tertiary/aromatic N) is 4. The summed E-state index contributed by atoms with van der Waals surface area (Å²) in [6, 6.07) is 6.50. The fourth-order valence-corrected chi connectivity index (χ4v) is 2.88. The van der Waals surface area contributed by atoms with Gasteiger partial charge in [0.1, 0.15) is 12.4 Å². The number of halogens is 3. The Morgan fingerprint density at radius 3 is 2.59 bits per heavy atom. The number of hydrogen-bond acceptors (Lipinski definition) is 5. The second kappa shape index (κ2) is 7.95. The molecular weight excluding hydrogens is 389 g/mol. The molecule has 0 fully saturated rings. The van der Waals surface area contributed by atoms with Gasteiger partial charge >= 0.3 is 6.18 Å². The Kier molecular flexibility index (Phi) is 5.59. The summed E-state index contributed by atoms with van der Waals surface area (Å²) in [6.07, 6.45) is -2.23. The van der Waals surface area contributed by atoms with E-state index in [1.165, 1.54) is 6.07 Å². The monoisotopic (exact) mass is 408 g/mol. The minimum Gasteiger partial charge on any atom is -0.492 e. The van der Waals surface area contributed by atoms with Gasteiger partial charge in [-0.25, -0.2) is 0 Å². The van der Waals surface area contributed by atoms with Crippen LogP contribution < -0.4 is 15.8 Å². The van der Waals surface area contributed by atoms with Crippen LogP contribution >= 0.6 is 0 Å². The Morgan fingerprint density at radius 2 is 1.97 bits per heavy atom. The SMILES string of the molecule is Cn1nccc1-c1cc(NC(=O)c2cnn(C)c2C(F)(F)F)ccc1OCCN. The molecule has 0 saturated heterocycles. The van der Waals surface area contributed by atoms with E-state index in [0.717, 1.165) is 13.2 Å². The van der Waals surface area contributed by atoms with Gasteiger partial charge in [0.05, 0.1) is 17.5 Å². The van der Waals surface area contributed by atoms with Crippen LogP contribution in [0.2, 0.25) is 0 Å². The van der Waals surface area contributed by atoms with Gasteiger partial charge in [-0.05, 0) is 24.3 Å². The van der Waals surface area contributed by atoms with Crippen molar-refractivity contribution in [3.8, 4) is 17.0 Å². The highest BCUT2D eigenvalue weighted by Crippen LogP contribution is 2.34. The number of benzene rings is 1. The second-order valence-electron chi connectivity index (χ2n) is 6.17. The van der Waals surface area contributed by atoms with Crippen LogP contribution in [0, 0.1) is 0 Å². The van der Waals surface area contributed by atoms with Gasteiger partial charge < -0.3 is 15.8 Å². The van der Waals surface area contributed by atoms with Gasteiger partial charge in [0.15, 0.2) is 5.69 Å². The number of aryl methyl sites for hydroxylation is 2. The maximum atomic E-state index is 13.2. The zero-order valence-electron chi connectivity index (χ0n) is 15.7. The summed E-state index contributed by atoms with van der Waals surface area (Å²) >= 11 is 0. The lowest BCUT2D eigenvalue weighted by Crippen LogP contribution is -2.20. The van der Waals surface area contributed by atoms with E-state index in [1.807, 2.05) is 0 Å². The highest BCUT2D eigenvalue weighted by Gasteiger charge is 2.39. The largest absolute Gasteiger partial charge is 0.492 e. The third kappa shape index (κ3) is 4.24. The third-order valence-corrected chi connectivity index (χ3v) is 4.16. The molecule has 154 valence electrons. The van der Waals surface area contributed by atoms with E-state index in [4.69, 9.17) is 10.5 Å². The standard InChI is InChI=1S/C18H19F3N6O2/c1-26-14(5-7-23-26)12-9-11(3-4-15(12)29-8-6-22)25-17(28)13-10-24-27(2)16(13)18(19,20)21/h3-5,7,9-10H,6,8,22H2,1-2H3,(H,25,28). The molecule has 0 unspecified atom stereocenters. The summed E-state index contributed by atoms with van der Waals surface area (Å²) in [5.41, 5.74) is 5.41. The van der Waals surface area contributed by atoms with E-state index in [0.29, 0.717) is 33.9 Å². The van der Waals surface area contributed by atoms with Crippen molar-refractivity contribution >= 4 is 11.6 Å². The van der Waals surface area contributed by atoms with Gasteiger partial charge in [0, 0.05) is 38.1 Å². The molecule has 2 aromatic heterocycles. The molecule has 0 saturated carbocycles. The van der Waals surface area contributed by atoms with Gasteiger partial charge in [-0.15, -0.1) is 0 Å². The summed E-state index contributed by atoms with van der Waals surface area (Å²) in [5.74, 6) is -0.411. The molecule has 0 spiro atoms. The normalized spacial score (nSPS) is 11.5. The van der Waals surface area contributed by atoms with Crippen molar-refractivity contribution < 1.29 is 22.7 Å². The molecule has 0 radical (unpaired) electrons. The number of carbonyl (C=O) groups excluding carboxylic acids is 1. The highest BCUT2D eigenvalue weighted by atomic mass is 19.4. The van der Waals surface area contributed by atoms with Crippen molar-refractivity contribution in [2.24, 2.45) is 19.8 Å². The lowest BCUT2D eigenvalue weighted by atomic mass is 10.1. The van der Waals surface area contributed by atoms with E-state index >= 15 is 0 Å². The molecule has 29 heavy (non-hydrogen) atoms. The molecular formula is C18H19F3N6O2. The van der Waals surface area contributed by atoms with Gasteiger partial charge in [0.2, 0.25) is 0 Å². The minimum absolute atomic E-state index is 0.279. The number of aromatic nitrogens is 4. The summed E-state index contributed by atoms with van der Waals surface area (Å²) in [4.78, 5) is 12.5. The van der Waals surface area contributed by atoms with Crippen LogP contribution in [-0.2, 0) is 20.3 Å². The minimum atomic E-state index is -4.71. The Labute approximate surface area is 164 Å². The van der Waals surface area contributed by atoms with Crippen LogP contribution in [0.15, 0.2) is 36.7 Å². The lowest BCUT2D eigenvalue weighted by Gasteiger charge is -2.14. The quantitative estimate of drug-likeness (QED) is 0.653. The van der Waals surface area contributed by atoms with Gasteiger partial charge in [0.25, 0.3) is 5.91 Å². The first kappa shape index (κ1) is 20.4. The van der Waals surface area contributed by atoms with Gasteiger partial charge in [-0.2, -0.15) is 23.4 Å². The molecule has 3 aromatic rings. The molecule has 1 aromatic carbocycles. The molecule has 3 rings (SSSR count). The zero-order chi connectivity index (χ0) is 21.2. The third-order valence-electron chi connectivity index (χ3n) is 4.16. The first-order chi connectivity index (χ1) is 13.7. The van der Waals surface area contributed by atoms with Crippen molar-refractivity contribution in [1.29, 1.82) is 0 Å². The fraction of sp³-hybridized carbons (Fsp3) is 0.278. The van der Waals surface area contributed by atoms with Crippen molar-refractivity contribution in [3.05, 3.63) is 47.9 Å². The smallest absolute Gasteiger partial charge is 0.433 e. The number of ether oxygens (including phenoxy) is 1. The van der Waals surface area contributed by atoms with E-state index in [2.05, 4.69) is 15.5 Å². The van der Waals surface area contributed by atoms with Crippen LogP contribution in [0.1, 0.15) is 16.1 Å². The molecule has 0 aliphatic rings. The Balaban J connectivity index is 1.95. The van der Waals surface area contributed by atoms with Crippen LogP contribution in [0.4, 0.5) is 18.9 Å². The first-order valence-electron chi connectivity index (χ1n) is 8.58. The number of nitrogens with one attached hydrogen (secondary N) is 1. The number of rotatable bonds is 6. The second-order valence-corrected chi connectivity index (χ2v) is 6.17. The predicted octanol–water partition coefficient (Wildman–Crippen LogP) is 2.43. The van der Waals surface area contributed by atoms with Crippen LogP contribution in [0.5, 0.6) is 5.75 Å². The average Bonchev–Trinajstić information content (AvgIpc) is 3.25. The van der Waals surface area contributed by atoms with E-state index in [1.54, 1.807) is 36.1 Å². The first-order valence-corrected chi connectivity index (χ1v) is 8.58. The summed E-state index contributed by atoms with van der Waals surface area (Å²) in [6.45, 7) is 0.589. The maximum absolute atomic E-state index is 13.2. The van der Waals surface area contributed by atoms with Crippen molar-refractivity contribution in [2.75, 3.05) is 18.5 Å². The van der Waals surface area contributed by atoms with E-state index in [-0.39, 0.29) is 6.61 Å². The molecule has 0 bridgehead atoms. The molecule has 0 atom stereocenters. The number of hydrogen-bond donors (Lipinski definition) is 2. The summed E-state index contributed by atoms with van der Waals surface area (Å²) < 4.78 is 47.6. The molecule has 11 heteroatoms. The number of carbonyl (C=O) groups is 1. The number of alkyl halides is 3. The maximum Gasteiger partial charge on any atom is 0.433 e. The highest BCUT2D eigenvalue weighted by molar-refractivity contribution is 6.05. The number of amides is 1. The molecule has 8 nitrogen and oxygen atoms in total. The fourth-order valence-electron chi connectivity index (χ4n) is 2.88. The molecule has 2 heterocycles. The van der Waals surface area contributed by atoms with Crippen LogP contribution in [-0.4, -0.2) is 38.6 Å². The Hall–Kier alpha value is -3.34. The number of anilines is 1. The molecule has 3 N–H and O–H groups in total. The van der Waals surface area contributed by atoms with Gasteiger partial charge in [-0.1, -0.05) is 0 Å². The van der Waals surface area contributed by atoms with E-state index < -0.39 is 23.3 Å². The Morgan fingerprint density at radius 1 is 1.21 bits per heavy atom. The summed E-state index contributed by atoms with van der Waals surface area (Å²) in [5, 5.41) is 10.1. The average molecular weight is 408 g/mol. The zero-order valence-corrected chi connectivity index (χ0v) is 15.7. The molecule has 1 amide bonds. The lowest BCUT2D eigenvalue weighted by molar-refractivity contribution is -0.144. The van der Waals surface area contributed by atoms with Crippen molar-refractivity contribution in [3.63, 3.8) is 0 Å². The van der Waals surface area contributed by atoms with Crippen molar-refractivity contribution in [1.82, 2.24) is 19.6 Å². The summed E-state index contributed by atoms with van der Waals surface area (Å²) in [7, 11) is 2.86. The van der Waals surface area contributed by atoms with Gasteiger partial charge in [-0.3, -0.25) is 14.2 Å². The Bertz CT molecular complexity index is 1030. The van der Waals surface area contributed by atoms with Crippen molar-refractivity contribution in [2.45, 2.75) is 6.18 Å². The van der Waals surface area contributed by atoms with Crippen LogP contribution in [0.3, 0.4) is 0 Å². The van der Waals surface area contributed by atoms with Crippen LogP contribution in [0.25, 0.3) is 11.3 Å². The topological polar surface area (TPSA) is 100.0 Å². The molecule has 0 aliphatic carbocycles.